The molecule has 1 aromatic carbocycles. The highest BCUT2D eigenvalue weighted by molar-refractivity contribution is 5.29. The van der Waals surface area contributed by atoms with Gasteiger partial charge in [-0.3, -0.25) is 0 Å². The van der Waals surface area contributed by atoms with Gasteiger partial charge in [0.15, 0.2) is 0 Å². The van der Waals surface area contributed by atoms with Crippen molar-refractivity contribution >= 4 is 0 Å². The second-order valence-corrected chi connectivity index (χ2v) is 4.45. The van der Waals surface area contributed by atoms with Crippen molar-refractivity contribution in [3.8, 4) is 0 Å². The summed E-state index contributed by atoms with van der Waals surface area (Å²) in [7, 11) is 0. The third-order valence-electron chi connectivity index (χ3n) is 3.35. The van der Waals surface area contributed by atoms with Crippen molar-refractivity contribution in [2.24, 2.45) is 0 Å². The zero-order valence-electron chi connectivity index (χ0n) is 10.6. The van der Waals surface area contributed by atoms with E-state index in [2.05, 4.69) is 0 Å². The average molecular weight is 280 g/mol. The zero-order chi connectivity index (χ0) is 14.8. The lowest BCUT2D eigenvalue weighted by Crippen LogP contribution is -2.35. The Morgan fingerprint density at radius 2 is 1.68 bits per heavy atom. The summed E-state index contributed by atoms with van der Waals surface area (Å²) in [4.78, 5) is 0. The number of benzene rings is 1. The van der Waals surface area contributed by atoms with Crippen LogP contribution in [0, 0.1) is 5.82 Å². The van der Waals surface area contributed by atoms with Crippen molar-refractivity contribution in [2.45, 2.75) is 44.6 Å². The van der Waals surface area contributed by atoms with Gasteiger partial charge in [-0.15, -0.1) is 0 Å². The molecule has 1 aromatic rings. The number of hydrogen-bond acceptors (Lipinski definition) is 2. The predicted molar refractivity (Wildman–Crippen MR) is 61.9 cm³/mol. The fraction of sp³-hybridized carbons (Fsp3) is 0.538. The van der Waals surface area contributed by atoms with E-state index in [0.717, 1.165) is 6.07 Å². The van der Waals surface area contributed by atoms with E-state index in [0.29, 0.717) is 12.1 Å². The van der Waals surface area contributed by atoms with E-state index in [1.807, 2.05) is 0 Å². The van der Waals surface area contributed by atoms with Gasteiger partial charge in [0.1, 0.15) is 11.9 Å². The van der Waals surface area contributed by atoms with Gasteiger partial charge in [0.25, 0.3) is 0 Å². The van der Waals surface area contributed by atoms with Crippen LogP contribution in [0.15, 0.2) is 18.2 Å². The number of hydrogen-bond donors (Lipinski definition) is 2. The van der Waals surface area contributed by atoms with Crippen LogP contribution in [-0.4, -0.2) is 15.8 Å². The summed E-state index contributed by atoms with van der Waals surface area (Å²) in [6.45, 7) is 3.26. The van der Waals surface area contributed by atoms with Gasteiger partial charge >= 0.3 is 6.18 Å². The van der Waals surface area contributed by atoms with Crippen LogP contribution in [0.25, 0.3) is 0 Å². The van der Waals surface area contributed by atoms with Gasteiger partial charge in [-0.2, -0.15) is 13.2 Å². The van der Waals surface area contributed by atoms with E-state index < -0.39 is 29.3 Å². The molecule has 0 saturated carbocycles. The molecule has 0 bridgehead atoms. The molecule has 0 aromatic heterocycles. The molecule has 1 atom stereocenters. The molecule has 1 rings (SSSR count). The molecule has 2 nitrogen and oxygen atoms in total. The Morgan fingerprint density at radius 1 is 1.16 bits per heavy atom. The molecule has 0 radical (unpaired) electrons. The number of rotatable bonds is 4. The molecule has 0 aliphatic carbocycles. The van der Waals surface area contributed by atoms with Crippen molar-refractivity contribution < 1.29 is 27.8 Å². The molecule has 0 amide bonds. The second-order valence-electron chi connectivity index (χ2n) is 4.45. The lowest BCUT2D eigenvalue weighted by atomic mass is 9.86. The summed E-state index contributed by atoms with van der Waals surface area (Å²) in [5, 5.41) is 20.0. The summed E-state index contributed by atoms with van der Waals surface area (Å²) in [6.07, 6.45) is -5.81. The first kappa shape index (κ1) is 15.9. The SMILES string of the molecule is CCC(O)(CC)C(O)c1ccc(C(F)(F)F)c(F)c1. The Kier molecular flexibility index (Phi) is 4.58. The molecule has 0 aliphatic heterocycles. The van der Waals surface area contributed by atoms with Gasteiger partial charge < -0.3 is 10.2 Å². The van der Waals surface area contributed by atoms with E-state index in [1.54, 1.807) is 13.8 Å². The van der Waals surface area contributed by atoms with Gasteiger partial charge in [0.05, 0.1) is 11.2 Å². The number of aliphatic hydroxyl groups is 2. The first-order chi connectivity index (χ1) is 8.65. The lowest BCUT2D eigenvalue weighted by Gasteiger charge is -2.31. The highest BCUT2D eigenvalue weighted by atomic mass is 19.4. The quantitative estimate of drug-likeness (QED) is 0.830. The summed E-state index contributed by atoms with van der Waals surface area (Å²) in [6, 6.07) is 2.16. The monoisotopic (exact) mass is 280 g/mol. The van der Waals surface area contributed by atoms with E-state index in [1.165, 1.54) is 0 Å². The highest BCUT2D eigenvalue weighted by Gasteiger charge is 2.37. The van der Waals surface area contributed by atoms with Gasteiger partial charge in [-0.25, -0.2) is 4.39 Å². The van der Waals surface area contributed by atoms with Crippen LogP contribution in [0.3, 0.4) is 0 Å². The molecule has 0 fully saturated rings. The lowest BCUT2D eigenvalue weighted by molar-refractivity contribution is -0.140. The molecule has 6 heteroatoms. The van der Waals surface area contributed by atoms with Crippen LogP contribution >= 0.6 is 0 Å². The molecular formula is C13H16F4O2. The van der Waals surface area contributed by atoms with Crippen molar-refractivity contribution in [3.05, 3.63) is 35.1 Å². The zero-order valence-corrected chi connectivity index (χ0v) is 10.6. The maximum atomic E-state index is 13.4. The topological polar surface area (TPSA) is 40.5 Å². The molecule has 0 spiro atoms. The van der Waals surface area contributed by atoms with E-state index in [-0.39, 0.29) is 18.4 Å². The van der Waals surface area contributed by atoms with Gasteiger partial charge in [-0.1, -0.05) is 19.9 Å². The van der Waals surface area contributed by atoms with E-state index in [4.69, 9.17) is 0 Å². The minimum Gasteiger partial charge on any atom is -0.387 e. The van der Waals surface area contributed by atoms with Crippen LogP contribution in [-0.2, 0) is 6.18 Å². The Morgan fingerprint density at radius 3 is 2.05 bits per heavy atom. The van der Waals surface area contributed by atoms with E-state index in [9.17, 15) is 27.8 Å². The molecular weight excluding hydrogens is 264 g/mol. The van der Waals surface area contributed by atoms with Crippen LogP contribution in [0.5, 0.6) is 0 Å². The Bertz CT molecular complexity index is 439. The predicted octanol–water partition coefficient (Wildman–Crippen LogP) is 3.43. The largest absolute Gasteiger partial charge is 0.419 e. The summed E-state index contributed by atoms with van der Waals surface area (Å²) in [5.74, 6) is -1.46. The Hall–Kier alpha value is -1.14. The van der Waals surface area contributed by atoms with Crippen molar-refractivity contribution in [2.75, 3.05) is 0 Å². The van der Waals surface area contributed by atoms with E-state index >= 15 is 0 Å². The number of halogens is 4. The van der Waals surface area contributed by atoms with Crippen molar-refractivity contribution in [1.82, 2.24) is 0 Å². The molecule has 0 aliphatic rings. The van der Waals surface area contributed by atoms with Gasteiger partial charge in [-0.05, 0) is 30.5 Å². The third kappa shape index (κ3) is 3.25. The minimum absolute atomic E-state index is 0.0725. The summed E-state index contributed by atoms with van der Waals surface area (Å²) >= 11 is 0. The number of aliphatic hydroxyl groups excluding tert-OH is 1. The summed E-state index contributed by atoms with van der Waals surface area (Å²) < 4.78 is 50.6. The smallest absolute Gasteiger partial charge is 0.387 e. The third-order valence-corrected chi connectivity index (χ3v) is 3.35. The first-order valence-corrected chi connectivity index (χ1v) is 5.92. The van der Waals surface area contributed by atoms with Crippen LogP contribution in [0.4, 0.5) is 17.6 Å². The normalized spacial score (nSPS) is 14.5. The van der Waals surface area contributed by atoms with Crippen LogP contribution in [0.2, 0.25) is 0 Å². The maximum Gasteiger partial charge on any atom is 0.419 e. The molecule has 1 unspecified atom stereocenters. The highest BCUT2D eigenvalue weighted by Crippen LogP contribution is 2.36. The van der Waals surface area contributed by atoms with Crippen LogP contribution in [0.1, 0.15) is 43.9 Å². The standard InChI is InChI=1S/C13H16F4O2/c1-3-12(19,4-2)11(18)8-5-6-9(10(14)7-8)13(15,16)17/h5-7,11,18-19H,3-4H2,1-2H3. The maximum absolute atomic E-state index is 13.4. The van der Waals surface area contributed by atoms with Crippen molar-refractivity contribution in [3.63, 3.8) is 0 Å². The minimum atomic E-state index is -4.78. The van der Waals surface area contributed by atoms with Crippen molar-refractivity contribution in [1.29, 1.82) is 0 Å². The molecule has 2 N–H and O–H groups in total. The van der Waals surface area contributed by atoms with Gasteiger partial charge in [0, 0.05) is 0 Å². The molecule has 0 saturated heterocycles. The number of alkyl halides is 3. The van der Waals surface area contributed by atoms with Crippen LogP contribution < -0.4 is 0 Å². The summed E-state index contributed by atoms with van der Waals surface area (Å²) in [5.41, 5.74) is -2.94. The molecule has 108 valence electrons. The van der Waals surface area contributed by atoms with Gasteiger partial charge in [0.2, 0.25) is 0 Å². The molecule has 19 heavy (non-hydrogen) atoms. The average Bonchev–Trinajstić information content (AvgIpc) is 2.35. The Balaban J connectivity index is 3.15. The fourth-order valence-electron chi connectivity index (χ4n) is 1.88. The first-order valence-electron chi connectivity index (χ1n) is 5.92. The molecule has 0 heterocycles. The fourth-order valence-corrected chi connectivity index (χ4v) is 1.88. The Labute approximate surface area is 108 Å². The second kappa shape index (κ2) is 5.46.